The van der Waals surface area contributed by atoms with Gasteiger partial charge in [0.2, 0.25) is 0 Å². The Morgan fingerprint density at radius 2 is 2.05 bits per heavy atom. The second-order valence-electron chi connectivity index (χ2n) is 5.55. The summed E-state index contributed by atoms with van der Waals surface area (Å²) in [6.45, 7) is 10.6. The van der Waals surface area contributed by atoms with Crippen molar-refractivity contribution in [3.63, 3.8) is 0 Å². The van der Waals surface area contributed by atoms with Crippen molar-refractivity contribution in [3.05, 3.63) is 18.2 Å². The SMILES string of the molecule is CN=C(NCCCCn1ccnc1C)NC(C)C(C)C.I. The first-order valence-electron chi connectivity index (χ1n) is 7.49. The highest BCUT2D eigenvalue weighted by molar-refractivity contribution is 14.0. The fourth-order valence-electron chi connectivity index (χ4n) is 1.83. The van der Waals surface area contributed by atoms with Crippen molar-refractivity contribution in [1.29, 1.82) is 0 Å². The van der Waals surface area contributed by atoms with Gasteiger partial charge in [-0.15, -0.1) is 24.0 Å². The van der Waals surface area contributed by atoms with Gasteiger partial charge in [-0.2, -0.15) is 0 Å². The van der Waals surface area contributed by atoms with E-state index < -0.39 is 0 Å². The molecule has 0 amide bonds. The Morgan fingerprint density at radius 1 is 1.33 bits per heavy atom. The van der Waals surface area contributed by atoms with Crippen LogP contribution < -0.4 is 10.6 Å². The molecule has 0 radical (unpaired) electrons. The summed E-state index contributed by atoms with van der Waals surface area (Å²) in [7, 11) is 1.82. The van der Waals surface area contributed by atoms with E-state index in [1.54, 1.807) is 0 Å². The van der Waals surface area contributed by atoms with E-state index >= 15 is 0 Å². The summed E-state index contributed by atoms with van der Waals surface area (Å²) in [6.07, 6.45) is 6.15. The number of unbranched alkanes of at least 4 members (excludes halogenated alkanes) is 1. The molecule has 0 aliphatic rings. The minimum absolute atomic E-state index is 0. The van der Waals surface area contributed by atoms with Crippen molar-refractivity contribution in [2.45, 2.75) is 53.1 Å². The number of hydrogen-bond acceptors (Lipinski definition) is 2. The van der Waals surface area contributed by atoms with Crippen molar-refractivity contribution in [1.82, 2.24) is 20.2 Å². The lowest BCUT2D eigenvalue weighted by molar-refractivity contribution is 0.479. The number of guanidine groups is 1. The van der Waals surface area contributed by atoms with Crippen LogP contribution in [0.5, 0.6) is 0 Å². The molecule has 1 unspecified atom stereocenters. The first-order valence-corrected chi connectivity index (χ1v) is 7.49. The zero-order chi connectivity index (χ0) is 15.0. The summed E-state index contributed by atoms with van der Waals surface area (Å²) in [5.41, 5.74) is 0. The number of nitrogens with zero attached hydrogens (tertiary/aromatic N) is 3. The Bertz CT molecular complexity index is 414. The molecule has 1 rings (SSSR count). The van der Waals surface area contributed by atoms with Gasteiger partial charge < -0.3 is 15.2 Å². The molecule has 1 heterocycles. The number of aryl methyl sites for hydroxylation is 2. The van der Waals surface area contributed by atoms with E-state index in [2.05, 4.69) is 45.9 Å². The smallest absolute Gasteiger partial charge is 0.191 e. The summed E-state index contributed by atoms with van der Waals surface area (Å²) < 4.78 is 2.19. The zero-order valence-corrected chi connectivity index (χ0v) is 16.2. The van der Waals surface area contributed by atoms with E-state index in [0.29, 0.717) is 12.0 Å². The lowest BCUT2D eigenvalue weighted by Gasteiger charge is -2.20. The van der Waals surface area contributed by atoms with E-state index in [-0.39, 0.29) is 24.0 Å². The highest BCUT2D eigenvalue weighted by Crippen LogP contribution is 2.00. The summed E-state index contributed by atoms with van der Waals surface area (Å²) in [4.78, 5) is 8.48. The fraction of sp³-hybridized carbons (Fsp3) is 0.733. The summed E-state index contributed by atoms with van der Waals surface area (Å²) in [5.74, 6) is 2.57. The van der Waals surface area contributed by atoms with Crippen LogP contribution in [0.15, 0.2) is 17.4 Å². The van der Waals surface area contributed by atoms with Gasteiger partial charge in [-0.05, 0) is 32.6 Å². The second kappa shape index (κ2) is 10.9. The van der Waals surface area contributed by atoms with Crippen molar-refractivity contribution in [2.75, 3.05) is 13.6 Å². The summed E-state index contributed by atoms with van der Waals surface area (Å²) in [6, 6.07) is 0.426. The number of aliphatic imine (C=N–C) groups is 1. The van der Waals surface area contributed by atoms with Crippen molar-refractivity contribution < 1.29 is 0 Å². The van der Waals surface area contributed by atoms with Crippen LogP contribution in [0.1, 0.15) is 39.4 Å². The number of nitrogens with one attached hydrogen (secondary N) is 2. The van der Waals surface area contributed by atoms with Crippen LogP contribution in [0, 0.1) is 12.8 Å². The Labute approximate surface area is 146 Å². The number of halogens is 1. The molecule has 122 valence electrons. The molecule has 0 aliphatic carbocycles. The van der Waals surface area contributed by atoms with Crippen LogP contribution in [0.3, 0.4) is 0 Å². The van der Waals surface area contributed by atoms with Gasteiger partial charge in [0.25, 0.3) is 0 Å². The molecule has 1 aromatic heterocycles. The van der Waals surface area contributed by atoms with Crippen molar-refractivity contribution in [3.8, 4) is 0 Å². The van der Waals surface area contributed by atoms with Crippen LogP contribution in [0.4, 0.5) is 0 Å². The first-order chi connectivity index (χ1) is 9.54. The fourth-order valence-corrected chi connectivity index (χ4v) is 1.83. The van der Waals surface area contributed by atoms with Crippen LogP contribution in [0.25, 0.3) is 0 Å². The monoisotopic (exact) mass is 407 g/mol. The van der Waals surface area contributed by atoms with Crippen molar-refractivity contribution >= 4 is 29.9 Å². The third kappa shape index (κ3) is 7.68. The molecule has 2 N–H and O–H groups in total. The van der Waals surface area contributed by atoms with Gasteiger partial charge in [0.05, 0.1) is 0 Å². The minimum Gasteiger partial charge on any atom is -0.356 e. The molecule has 0 fully saturated rings. The van der Waals surface area contributed by atoms with E-state index in [4.69, 9.17) is 0 Å². The average Bonchev–Trinajstić information content (AvgIpc) is 2.82. The maximum absolute atomic E-state index is 4.25. The molecule has 5 nitrogen and oxygen atoms in total. The Balaban J connectivity index is 0.00000400. The van der Waals surface area contributed by atoms with Crippen molar-refractivity contribution in [2.24, 2.45) is 10.9 Å². The first kappa shape index (κ1) is 20.2. The number of aromatic nitrogens is 2. The maximum Gasteiger partial charge on any atom is 0.191 e. The minimum atomic E-state index is 0. The topological polar surface area (TPSA) is 54.2 Å². The van der Waals surface area contributed by atoms with Crippen LogP contribution in [-0.4, -0.2) is 35.1 Å². The van der Waals surface area contributed by atoms with Gasteiger partial charge in [0.15, 0.2) is 5.96 Å². The Hall–Kier alpha value is -0.790. The van der Waals surface area contributed by atoms with Gasteiger partial charge >= 0.3 is 0 Å². The highest BCUT2D eigenvalue weighted by Gasteiger charge is 2.08. The van der Waals surface area contributed by atoms with Crippen LogP contribution in [0.2, 0.25) is 0 Å². The molecule has 0 saturated carbocycles. The summed E-state index contributed by atoms with van der Waals surface area (Å²) in [5, 5.41) is 6.77. The van der Waals surface area contributed by atoms with Gasteiger partial charge in [-0.1, -0.05) is 13.8 Å². The molecule has 21 heavy (non-hydrogen) atoms. The molecule has 1 aromatic rings. The molecule has 0 aromatic carbocycles. The highest BCUT2D eigenvalue weighted by atomic mass is 127. The lowest BCUT2D eigenvalue weighted by Crippen LogP contribution is -2.44. The predicted octanol–water partition coefficient (Wildman–Crippen LogP) is 2.80. The van der Waals surface area contributed by atoms with E-state index in [0.717, 1.165) is 37.7 Å². The molecular weight excluding hydrogens is 377 g/mol. The second-order valence-corrected chi connectivity index (χ2v) is 5.55. The Morgan fingerprint density at radius 3 is 2.57 bits per heavy atom. The molecule has 0 bridgehead atoms. The molecule has 1 atom stereocenters. The van der Waals surface area contributed by atoms with E-state index in [1.807, 2.05) is 26.4 Å². The number of hydrogen-bond donors (Lipinski definition) is 2. The quantitative estimate of drug-likeness (QED) is 0.316. The zero-order valence-electron chi connectivity index (χ0n) is 13.9. The molecule has 6 heteroatoms. The third-order valence-corrected chi connectivity index (χ3v) is 3.63. The maximum atomic E-state index is 4.25. The largest absolute Gasteiger partial charge is 0.356 e. The van der Waals surface area contributed by atoms with Gasteiger partial charge in [0, 0.05) is 38.6 Å². The predicted molar refractivity (Wildman–Crippen MR) is 100 cm³/mol. The third-order valence-electron chi connectivity index (χ3n) is 3.63. The number of imidazole rings is 1. The van der Waals surface area contributed by atoms with Gasteiger partial charge in [-0.3, -0.25) is 4.99 Å². The summed E-state index contributed by atoms with van der Waals surface area (Å²) >= 11 is 0. The lowest BCUT2D eigenvalue weighted by atomic mass is 10.1. The molecular formula is C15H30IN5. The molecule has 0 saturated heterocycles. The molecule has 0 aliphatic heterocycles. The van der Waals surface area contributed by atoms with Crippen LogP contribution in [-0.2, 0) is 6.54 Å². The normalized spacial score (nSPS) is 13.0. The van der Waals surface area contributed by atoms with Gasteiger partial charge in [-0.25, -0.2) is 4.98 Å². The standard InChI is InChI=1S/C15H29N5.HI/c1-12(2)13(3)19-15(16-5)18-8-6-7-10-20-11-9-17-14(20)4;/h9,11-13H,6-8,10H2,1-5H3,(H2,16,18,19);1H. The number of rotatable bonds is 7. The Kier molecular flexibility index (Phi) is 10.5. The average molecular weight is 407 g/mol. The van der Waals surface area contributed by atoms with E-state index in [9.17, 15) is 0 Å². The van der Waals surface area contributed by atoms with Crippen LogP contribution >= 0.6 is 24.0 Å². The van der Waals surface area contributed by atoms with Gasteiger partial charge in [0.1, 0.15) is 5.82 Å². The molecule has 0 spiro atoms. The van der Waals surface area contributed by atoms with E-state index in [1.165, 1.54) is 0 Å².